The molecule has 3 N–H and O–H groups in total. The Morgan fingerprint density at radius 2 is 1.85 bits per heavy atom. The second-order valence-corrected chi connectivity index (χ2v) is 4.89. The summed E-state index contributed by atoms with van der Waals surface area (Å²) in [4.78, 5) is 30.5. The van der Waals surface area contributed by atoms with Crippen LogP contribution in [0.3, 0.4) is 0 Å². The Morgan fingerprint density at radius 1 is 1.15 bits per heavy atom. The van der Waals surface area contributed by atoms with Crippen LogP contribution in [0.5, 0.6) is 0 Å². The predicted octanol–water partition coefficient (Wildman–Crippen LogP) is 2.42. The van der Waals surface area contributed by atoms with Gasteiger partial charge in [-0.25, -0.2) is 19.6 Å². The highest BCUT2D eigenvalue weighted by atomic mass is 127. The molecular formula is C12H9IN4O3. The number of carboxylic acid groups (broad SMARTS) is 1. The van der Waals surface area contributed by atoms with Gasteiger partial charge in [-0.1, -0.05) is 0 Å². The molecule has 1 aromatic carbocycles. The molecule has 0 radical (unpaired) electrons. The van der Waals surface area contributed by atoms with Gasteiger partial charge >= 0.3 is 12.0 Å². The van der Waals surface area contributed by atoms with Gasteiger partial charge in [0, 0.05) is 16.0 Å². The van der Waals surface area contributed by atoms with Gasteiger partial charge in [0.15, 0.2) is 0 Å². The quantitative estimate of drug-likeness (QED) is 0.706. The molecule has 0 saturated heterocycles. The van der Waals surface area contributed by atoms with E-state index in [4.69, 9.17) is 5.11 Å². The number of anilines is 2. The van der Waals surface area contributed by atoms with Crippen molar-refractivity contribution in [2.45, 2.75) is 0 Å². The minimum Gasteiger partial charge on any atom is -0.478 e. The van der Waals surface area contributed by atoms with Crippen molar-refractivity contribution in [3.05, 3.63) is 45.8 Å². The highest BCUT2D eigenvalue weighted by molar-refractivity contribution is 14.1. The van der Waals surface area contributed by atoms with Crippen LogP contribution in [0.4, 0.5) is 16.4 Å². The van der Waals surface area contributed by atoms with E-state index in [0.717, 1.165) is 3.57 Å². The number of aromatic nitrogens is 2. The third kappa shape index (κ3) is 3.63. The molecular weight excluding hydrogens is 375 g/mol. The van der Waals surface area contributed by atoms with Crippen molar-refractivity contribution < 1.29 is 14.7 Å². The standard InChI is InChI=1S/C12H9IN4O3/c13-7-2-3-9(8(6-7)10(18)19)16-12(20)17-11-14-4-1-5-15-11/h1-6H,(H,18,19)(H2,14,15,16,17,20). The van der Waals surface area contributed by atoms with E-state index >= 15 is 0 Å². The molecule has 2 rings (SSSR count). The van der Waals surface area contributed by atoms with Gasteiger partial charge in [-0.15, -0.1) is 0 Å². The number of carboxylic acids is 1. The Hall–Kier alpha value is -2.23. The SMILES string of the molecule is O=C(Nc1ncccn1)Nc1ccc(I)cc1C(=O)O. The molecule has 0 bridgehead atoms. The third-order valence-corrected chi connectivity index (χ3v) is 2.92. The van der Waals surface area contributed by atoms with Gasteiger partial charge in [0.05, 0.1) is 11.3 Å². The number of nitrogens with one attached hydrogen (secondary N) is 2. The van der Waals surface area contributed by atoms with Crippen LogP contribution in [0, 0.1) is 3.57 Å². The van der Waals surface area contributed by atoms with Crippen molar-refractivity contribution in [3.63, 3.8) is 0 Å². The average molecular weight is 384 g/mol. The average Bonchev–Trinajstić information content (AvgIpc) is 2.41. The summed E-state index contributed by atoms with van der Waals surface area (Å²) in [5, 5.41) is 14.0. The van der Waals surface area contributed by atoms with Crippen LogP contribution in [0.15, 0.2) is 36.7 Å². The van der Waals surface area contributed by atoms with Crippen molar-refractivity contribution in [3.8, 4) is 0 Å². The third-order valence-electron chi connectivity index (χ3n) is 2.25. The maximum atomic E-state index is 11.7. The van der Waals surface area contributed by atoms with Gasteiger partial charge in [-0.05, 0) is 46.9 Å². The number of amides is 2. The maximum absolute atomic E-state index is 11.7. The monoisotopic (exact) mass is 384 g/mol. The number of nitrogens with zero attached hydrogens (tertiary/aromatic N) is 2. The first-order valence-electron chi connectivity index (χ1n) is 5.44. The summed E-state index contributed by atoms with van der Waals surface area (Å²) in [6.45, 7) is 0. The van der Waals surface area contributed by atoms with E-state index < -0.39 is 12.0 Å². The lowest BCUT2D eigenvalue weighted by atomic mass is 10.2. The molecule has 20 heavy (non-hydrogen) atoms. The van der Waals surface area contributed by atoms with E-state index in [0.29, 0.717) is 0 Å². The molecule has 0 fully saturated rings. The topological polar surface area (TPSA) is 104 Å². The molecule has 0 spiro atoms. The van der Waals surface area contributed by atoms with E-state index in [2.05, 4.69) is 20.6 Å². The van der Waals surface area contributed by atoms with E-state index in [1.807, 2.05) is 22.6 Å². The van der Waals surface area contributed by atoms with Crippen LogP contribution >= 0.6 is 22.6 Å². The van der Waals surface area contributed by atoms with Gasteiger partial charge in [0.2, 0.25) is 5.95 Å². The molecule has 0 aliphatic rings. The Balaban J connectivity index is 2.14. The zero-order chi connectivity index (χ0) is 14.5. The maximum Gasteiger partial charge on any atom is 0.337 e. The molecule has 0 atom stereocenters. The van der Waals surface area contributed by atoms with Gasteiger partial charge in [-0.2, -0.15) is 0 Å². The van der Waals surface area contributed by atoms with E-state index in [1.165, 1.54) is 24.5 Å². The molecule has 0 unspecified atom stereocenters. The van der Waals surface area contributed by atoms with Crippen molar-refractivity contribution >= 4 is 46.2 Å². The second kappa shape index (κ2) is 6.28. The lowest BCUT2D eigenvalue weighted by molar-refractivity contribution is 0.0698. The highest BCUT2D eigenvalue weighted by Gasteiger charge is 2.13. The smallest absolute Gasteiger partial charge is 0.337 e. The number of carbonyl (C=O) groups is 2. The zero-order valence-electron chi connectivity index (χ0n) is 10.0. The van der Waals surface area contributed by atoms with Crippen molar-refractivity contribution in [2.75, 3.05) is 10.6 Å². The Morgan fingerprint density at radius 3 is 2.50 bits per heavy atom. The first-order valence-corrected chi connectivity index (χ1v) is 6.52. The molecule has 2 amide bonds. The first-order chi connectivity index (χ1) is 9.56. The van der Waals surface area contributed by atoms with Crippen LogP contribution in [-0.4, -0.2) is 27.1 Å². The number of hydrogen-bond donors (Lipinski definition) is 3. The van der Waals surface area contributed by atoms with Gasteiger partial charge < -0.3 is 10.4 Å². The summed E-state index contributed by atoms with van der Waals surface area (Å²) in [6, 6.07) is 5.69. The van der Waals surface area contributed by atoms with Crippen molar-refractivity contribution in [2.24, 2.45) is 0 Å². The van der Waals surface area contributed by atoms with Crippen LogP contribution in [0.1, 0.15) is 10.4 Å². The molecule has 8 heteroatoms. The molecule has 102 valence electrons. The lowest BCUT2D eigenvalue weighted by Crippen LogP contribution is -2.22. The second-order valence-electron chi connectivity index (χ2n) is 3.65. The summed E-state index contributed by atoms with van der Waals surface area (Å²) in [5.41, 5.74) is 0.215. The molecule has 1 heterocycles. The van der Waals surface area contributed by atoms with Crippen LogP contribution in [0.25, 0.3) is 0 Å². The summed E-state index contributed by atoms with van der Waals surface area (Å²) in [6.07, 6.45) is 2.96. The van der Waals surface area contributed by atoms with Gasteiger partial charge in [0.25, 0.3) is 0 Å². The molecule has 0 aliphatic heterocycles. The van der Waals surface area contributed by atoms with Gasteiger partial charge in [-0.3, -0.25) is 5.32 Å². The van der Waals surface area contributed by atoms with E-state index in [9.17, 15) is 9.59 Å². The van der Waals surface area contributed by atoms with Crippen LogP contribution in [0.2, 0.25) is 0 Å². The number of aromatic carboxylic acids is 1. The number of urea groups is 1. The van der Waals surface area contributed by atoms with E-state index in [1.54, 1.807) is 12.1 Å². The van der Waals surface area contributed by atoms with Crippen LogP contribution in [-0.2, 0) is 0 Å². The van der Waals surface area contributed by atoms with Crippen LogP contribution < -0.4 is 10.6 Å². The van der Waals surface area contributed by atoms with Gasteiger partial charge in [0.1, 0.15) is 0 Å². The van der Waals surface area contributed by atoms with Crippen molar-refractivity contribution in [1.29, 1.82) is 0 Å². The minimum atomic E-state index is -1.12. The zero-order valence-corrected chi connectivity index (χ0v) is 12.2. The van der Waals surface area contributed by atoms with E-state index in [-0.39, 0.29) is 17.2 Å². The molecule has 1 aromatic heterocycles. The molecule has 0 aliphatic carbocycles. The summed E-state index contributed by atoms with van der Waals surface area (Å²) in [7, 11) is 0. The lowest BCUT2D eigenvalue weighted by Gasteiger charge is -2.09. The number of carbonyl (C=O) groups excluding carboxylic acids is 1. The summed E-state index contributed by atoms with van der Waals surface area (Å²) >= 11 is 2.00. The Labute approximate surface area is 127 Å². The number of hydrogen-bond acceptors (Lipinski definition) is 4. The summed E-state index contributed by atoms with van der Waals surface area (Å²) in [5.74, 6) is -0.984. The normalized spacial score (nSPS) is 9.85. The molecule has 7 nitrogen and oxygen atoms in total. The fraction of sp³-hybridized carbons (Fsp3) is 0. The minimum absolute atomic E-state index is 0.0148. The Kier molecular flexibility index (Phi) is 4.45. The largest absolute Gasteiger partial charge is 0.478 e. The molecule has 2 aromatic rings. The first kappa shape index (κ1) is 14.2. The number of halogens is 1. The fourth-order valence-electron chi connectivity index (χ4n) is 1.42. The molecule has 0 saturated carbocycles. The predicted molar refractivity (Wildman–Crippen MR) is 80.8 cm³/mol. The Bertz CT molecular complexity index is 648. The summed E-state index contributed by atoms with van der Waals surface area (Å²) < 4.78 is 0.761. The number of benzene rings is 1. The van der Waals surface area contributed by atoms with Crippen molar-refractivity contribution in [1.82, 2.24) is 9.97 Å². The fourth-order valence-corrected chi connectivity index (χ4v) is 1.91. The number of rotatable bonds is 3. The highest BCUT2D eigenvalue weighted by Crippen LogP contribution is 2.19.